The minimum Gasteiger partial charge on any atom is -0.398 e. The summed E-state index contributed by atoms with van der Waals surface area (Å²) in [6, 6.07) is 1.98. The molecule has 0 spiro atoms. The second-order valence-corrected chi connectivity index (χ2v) is 7.85. The number of hydrogen-bond donors (Lipinski definition) is 0. The molecule has 17 heavy (non-hydrogen) atoms. The first-order valence-electron chi connectivity index (χ1n) is 5.98. The van der Waals surface area contributed by atoms with E-state index in [9.17, 15) is 0 Å². The molecule has 0 atom stereocenters. The van der Waals surface area contributed by atoms with Crippen molar-refractivity contribution in [2.45, 2.75) is 25.4 Å². The summed E-state index contributed by atoms with van der Waals surface area (Å²) >= 11 is 0. The summed E-state index contributed by atoms with van der Waals surface area (Å²) < 4.78 is 21.4. The zero-order valence-corrected chi connectivity index (χ0v) is 12.8. The molecule has 0 aliphatic heterocycles. The summed E-state index contributed by atoms with van der Waals surface area (Å²) in [5.41, 5.74) is 0. The Kier molecular flexibility index (Phi) is 10.00. The van der Waals surface area contributed by atoms with Crippen LogP contribution in [0, 0.1) is 0 Å². The maximum absolute atomic E-state index is 5.57. The molecule has 0 fully saturated rings. The van der Waals surface area contributed by atoms with Gasteiger partial charge in [0.15, 0.2) is 0 Å². The average Bonchev–Trinajstić information content (AvgIpc) is 2.36. The molecule has 0 aromatic rings. The molecule has 0 N–H and O–H groups in total. The summed E-state index contributed by atoms with van der Waals surface area (Å²) in [6.45, 7) is 4.24. The Balaban J connectivity index is 3.99. The standard InChI is InChI=1S/C11H27NO4Si/c1-6-17(15-4,16-5)9-7-8-12(10-13-2)11-14-3/h6-11H2,1-5H3. The third-order valence-corrected chi connectivity index (χ3v) is 6.62. The van der Waals surface area contributed by atoms with Crippen LogP contribution in [0.1, 0.15) is 13.3 Å². The Morgan fingerprint density at radius 3 is 1.82 bits per heavy atom. The predicted octanol–water partition coefficient (Wildman–Crippen LogP) is 1.64. The van der Waals surface area contributed by atoms with E-state index in [1.165, 1.54) is 0 Å². The third kappa shape index (κ3) is 6.49. The topological polar surface area (TPSA) is 40.2 Å². The summed E-state index contributed by atoms with van der Waals surface area (Å²) in [6.07, 6.45) is 1.04. The molecule has 0 saturated heterocycles. The van der Waals surface area contributed by atoms with Crippen molar-refractivity contribution >= 4 is 8.56 Å². The van der Waals surface area contributed by atoms with Crippen LogP contribution < -0.4 is 0 Å². The molecule has 0 heterocycles. The Labute approximate surface area is 106 Å². The lowest BCUT2D eigenvalue weighted by Gasteiger charge is -2.27. The first kappa shape index (κ1) is 17.0. The highest BCUT2D eigenvalue weighted by molar-refractivity contribution is 6.67. The molecule has 0 unspecified atom stereocenters. The van der Waals surface area contributed by atoms with Crippen LogP contribution in [-0.2, 0) is 18.3 Å². The summed E-state index contributed by atoms with van der Waals surface area (Å²) in [7, 11) is 4.95. The second kappa shape index (κ2) is 9.99. The van der Waals surface area contributed by atoms with Crippen molar-refractivity contribution in [1.82, 2.24) is 4.90 Å². The van der Waals surface area contributed by atoms with Crippen LogP contribution in [0.3, 0.4) is 0 Å². The molecule has 0 aliphatic carbocycles. The van der Waals surface area contributed by atoms with Crippen molar-refractivity contribution < 1.29 is 18.3 Å². The summed E-state index contributed by atoms with van der Waals surface area (Å²) in [5, 5.41) is 0. The first-order valence-corrected chi connectivity index (χ1v) is 8.21. The SMILES string of the molecule is CC[Si](CCCN(COC)COC)(OC)OC. The van der Waals surface area contributed by atoms with E-state index >= 15 is 0 Å². The third-order valence-electron chi connectivity index (χ3n) is 2.94. The van der Waals surface area contributed by atoms with Gasteiger partial charge in [0.05, 0.1) is 0 Å². The molecule has 104 valence electrons. The molecule has 0 aromatic heterocycles. The molecular formula is C11H27NO4Si. The minimum absolute atomic E-state index is 0.592. The van der Waals surface area contributed by atoms with E-state index in [0.717, 1.165) is 25.1 Å². The van der Waals surface area contributed by atoms with Crippen LogP contribution in [0.2, 0.25) is 12.1 Å². The van der Waals surface area contributed by atoms with E-state index in [2.05, 4.69) is 11.8 Å². The highest BCUT2D eigenvalue weighted by Crippen LogP contribution is 2.19. The van der Waals surface area contributed by atoms with Gasteiger partial charge in [-0.25, -0.2) is 0 Å². The number of nitrogens with zero attached hydrogens (tertiary/aromatic N) is 1. The fraction of sp³-hybridized carbons (Fsp3) is 1.00. The van der Waals surface area contributed by atoms with Gasteiger partial charge in [-0.05, 0) is 18.5 Å². The van der Waals surface area contributed by atoms with Gasteiger partial charge in [0.25, 0.3) is 0 Å². The van der Waals surface area contributed by atoms with E-state index in [-0.39, 0.29) is 0 Å². The Bertz CT molecular complexity index is 165. The fourth-order valence-electron chi connectivity index (χ4n) is 1.86. The Morgan fingerprint density at radius 1 is 0.941 bits per heavy atom. The fourth-order valence-corrected chi connectivity index (χ4v) is 4.06. The number of ether oxygens (including phenoxy) is 2. The van der Waals surface area contributed by atoms with E-state index in [1.54, 1.807) is 28.4 Å². The van der Waals surface area contributed by atoms with Gasteiger partial charge in [-0.1, -0.05) is 6.92 Å². The van der Waals surface area contributed by atoms with Crippen LogP contribution in [0.25, 0.3) is 0 Å². The molecule has 0 aliphatic rings. The maximum Gasteiger partial charge on any atom is 0.337 e. The highest BCUT2D eigenvalue weighted by Gasteiger charge is 2.32. The maximum atomic E-state index is 5.57. The van der Waals surface area contributed by atoms with Gasteiger partial charge in [-0.3, -0.25) is 4.90 Å². The van der Waals surface area contributed by atoms with E-state index in [0.29, 0.717) is 13.5 Å². The normalized spacial score (nSPS) is 12.4. The molecule has 0 amide bonds. The van der Waals surface area contributed by atoms with Crippen LogP contribution in [0.4, 0.5) is 0 Å². The Morgan fingerprint density at radius 2 is 1.47 bits per heavy atom. The predicted molar refractivity (Wildman–Crippen MR) is 70.1 cm³/mol. The molecule has 5 nitrogen and oxygen atoms in total. The van der Waals surface area contributed by atoms with Gasteiger partial charge < -0.3 is 18.3 Å². The monoisotopic (exact) mass is 265 g/mol. The van der Waals surface area contributed by atoms with Crippen molar-refractivity contribution in [2.24, 2.45) is 0 Å². The van der Waals surface area contributed by atoms with Gasteiger partial charge in [0.1, 0.15) is 13.5 Å². The zero-order valence-electron chi connectivity index (χ0n) is 11.8. The Hall–Kier alpha value is 0.0169. The van der Waals surface area contributed by atoms with Gasteiger partial charge in [-0.2, -0.15) is 0 Å². The largest absolute Gasteiger partial charge is 0.398 e. The molecule has 0 rings (SSSR count). The van der Waals surface area contributed by atoms with Crippen LogP contribution >= 0.6 is 0 Å². The van der Waals surface area contributed by atoms with Gasteiger partial charge in [0.2, 0.25) is 0 Å². The number of methoxy groups -OCH3 is 2. The summed E-state index contributed by atoms with van der Waals surface area (Å²) in [4.78, 5) is 2.11. The first-order chi connectivity index (χ1) is 8.17. The lowest BCUT2D eigenvalue weighted by molar-refractivity contribution is -0.0134. The van der Waals surface area contributed by atoms with Gasteiger partial charge in [-0.15, -0.1) is 0 Å². The van der Waals surface area contributed by atoms with Gasteiger partial charge in [0, 0.05) is 35.0 Å². The molecule has 0 bridgehead atoms. The van der Waals surface area contributed by atoms with Gasteiger partial charge >= 0.3 is 8.56 Å². The zero-order chi connectivity index (χ0) is 13.1. The molecule has 6 heteroatoms. The van der Waals surface area contributed by atoms with Crippen LogP contribution in [-0.4, -0.2) is 61.9 Å². The number of rotatable bonds is 11. The van der Waals surface area contributed by atoms with Crippen molar-refractivity contribution in [2.75, 3.05) is 48.4 Å². The number of hydrogen-bond acceptors (Lipinski definition) is 5. The van der Waals surface area contributed by atoms with Crippen LogP contribution in [0.15, 0.2) is 0 Å². The lowest BCUT2D eigenvalue weighted by atomic mass is 10.4. The quantitative estimate of drug-likeness (QED) is 0.419. The average molecular weight is 265 g/mol. The smallest absolute Gasteiger partial charge is 0.337 e. The van der Waals surface area contributed by atoms with E-state index in [4.69, 9.17) is 18.3 Å². The molecule has 0 saturated carbocycles. The van der Waals surface area contributed by atoms with Crippen molar-refractivity contribution in [3.8, 4) is 0 Å². The second-order valence-electron chi connectivity index (χ2n) is 4.01. The van der Waals surface area contributed by atoms with E-state index < -0.39 is 8.56 Å². The highest BCUT2D eigenvalue weighted by atomic mass is 28.4. The molecular weight excluding hydrogens is 238 g/mol. The minimum atomic E-state index is -1.94. The van der Waals surface area contributed by atoms with Crippen LogP contribution in [0.5, 0.6) is 0 Å². The molecule has 0 aromatic carbocycles. The van der Waals surface area contributed by atoms with Crippen molar-refractivity contribution in [1.29, 1.82) is 0 Å². The van der Waals surface area contributed by atoms with E-state index in [1.807, 2.05) is 0 Å². The van der Waals surface area contributed by atoms with Crippen molar-refractivity contribution in [3.05, 3.63) is 0 Å². The summed E-state index contributed by atoms with van der Waals surface area (Å²) in [5.74, 6) is 0. The lowest BCUT2D eigenvalue weighted by Crippen LogP contribution is -2.40. The van der Waals surface area contributed by atoms with Crippen molar-refractivity contribution in [3.63, 3.8) is 0 Å². The molecule has 0 radical (unpaired) electrons.